The minimum absolute atomic E-state index is 0. The third-order valence-corrected chi connectivity index (χ3v) is 3.00. The maximum Gasteiger partial charge on any atom is 0.239 e. The first-order valence-corrected chi connectivity index (χ1v) is 6.54. The first kappa shape index (κ1) is 22.7. The third kappa shape index (κ3) is 7.33. The van der Waals surface area contributed by atoms with Crippen molar-refractivity contribution in [3.05, 3.63) is 12.3 Å². The van der Waals surface area contributed by atoms with Crippen LogP contribution in [0, 0.1) is 0 Å². The number of carbonyl (C=O) groups is 1. The lowest BCUT2D eigenvalue weighted by atomic mass is 10.3. The van der Waals surface area contributed by atoms with Gasteiger partial charge in [0.25, 0.3) is 0 Å². The van der Waals surface area contributed by atoms with Crippen molar-refractivity contribution >= 4 is 48.9 Å². The predicted octanol–water partition coefficient (Wildman–Crippen LogP) is 1.40. The predicted molar refractivity (Wildman–Crippen MR) is 92.2 cm³/mol. The molecule has 0 bridgehead atoms. The molecule has 0 saturated carbocycles. The number of hydrogen-bond donors (Lipinski definition) is 2. The summed E-state index contributed by atoms with van der Waals surface area (Å²) in [5, 5.41) is 10.4. The number of nitrogens with one attached hydrogen (secondary N) is 2. The fourth-order valence-corrected chi connectivity index (χ4v) is 2.08. The molecule has 1 saturated heterocycles. The minimum Gasteiger partial charge on any atom is -0.314 e. The van der Waals surface area contributed by atoms with E-state index in [0.29, 0.717) is 6.54 Å². The van der Waals surface area contributed by atoms with Gasteiger partial charge >= 0.3 is 0 Å². The summed E-state index contributed by atoms with van der Waals surface area (Å²) in [6.07, 6.45) is 2.72. The zero-order chi connectivity index (χ0) is 12.8. The zero-order valence-corrected chi connectivity index (χ0v) is 14.5. The smallest absolute Gasteiger partial charge is 0.239 e. The number of amides is 1. The Labute approximate surface area is 144 Å². The molecule has 124 valence electrons. The topological polar surface area (TPSA) is 62.2 Å². The van der Waals surface area contributed by atoms with E-state index in [-0.39, 0.29) is 43.1 Å². The van der Waals surface area contributed by atoms with Crippen LogP contribution in [0.5, 0.6) is 0 Å². The van der Waals surface area contributed by atoms with Gasteiger partial charge < -0.3 is 10.6 Å². The molecule has 9 heteroatoms. The summed E-state index contributed by atoms with van der Waals surface area (Å²) in [7, 11) is 0. The van der Waals surface area contributed by atoms with Crippen molar-refractivity contribution in [3.63, 3.8) is 0 Å². The summed E-state index contributed by atoms with van der Waals surface area (Å²) in [6.45, 7) is 7.16. The zero-order valence-electron chi connectivity index (χ0n) is 12.1. The Morgan fingerprint density at radius 1 is 1.33 bits per heavy atom. The molecule has 2 heterocycles. The van der Waals surface area contributed by atoms with E-state index in [2.05, 4.69) is 27.6 Å². The molecule has 2 rings (SSSR count). The van der Waals surface area contributed by atoms with E-state index in [9.17, 15) is 4.79 Å². The molecular weight excluding hydrogens is 337 g/mol. The van der Waals surface area contributed by atoms with Crippen molar-refractivity contribution in [2.45, 2.75) is 19.9 Å². The van der Waals surface area contributed by atoms with Crippen molar-refractivity contribution in [3.8, 4) is 0 Å². The van der Waals surface area contributed by atoms with E-state index in [4.69, 9.17) is 0 Å². The first-order chi connectivity index (χ1) is 8.79. The SMILES string of the molecule is CCCn1nccc1NC(=O)CN1CCNCC1.Cl.Cl.Cl. The molecule has 1 fully saturated rings. The molecule has 1 aliphatic heterocycles. The molecule has 1 aromatic rings. The lowest BCUT2D eigenvalue weighted by Gasteiger charge is -2.26. The number of rotatable bonds is 5. The second-order valence-electron chi connectivity index (χ2n) is 4.51. The summed E-state index contributed by atoms with van der Waals surface area (Å²) in [5.41, 5.74) is 0. The van der Waals surface area contributed by atoms with E-state index in [0.717, 1.165) is 45.0 Å². The van der Waals surface area contributed by atoms with Crippen LogP contribution in [0.25, 0.3) is 0 Å². The van der Waals surface area contributed by atoms with Crippen molar-refractivity contribution in [1.29, 1.82) is 0 Å². The van der Waals surface area contributed by atoms with Crippen LogP contribution in [0.4, 0.5) is 5.82 Å². The van der Waals surface area contributed by atoms with E-state index in [1.807, 2.05) is 10.7 Å². The molecule has 0 radical (unpaired) electrons. The molecular formula is C12H24Cl3N5O. The molecule has 0 aliphatic carbocycles. The normalized spacial score (nSPS) is 14.3. The van der Waals surface area contributed by atoms with E-state index < -0.39 is 0 Å². The molecule has 0 atom stereocenters. The Kier molecular flexibility index (Phi) is 13.1. The average molecular weight is 361 g/mol. The van der Waals surface area contributed by atoms with Crippen LogP contribution < -0.4 is 10.6 Å². The number of hydrogen-bond acceptors (Lipinski definition) is 4. The van der Waals surface area contributed by atoms with E-state index in [1.165, 1.54) is 0 Å². The van der Waals surface area contributed by atoms with Gasteiger partial charge in [0, 0.05) is 38.8 Å². The number of anilines is 1. The van der Waals surface area contributed by atoms with Gasteiger partial charge in [-0.15, -0.1) is 37.2 Å². The number of halogens is 3. The van der Waals surface area contributed by atoms with Crippen LogP contribution in [-0.2, 0) is 11.3 Å². The Morgan fingerprint density at radius 3 is 2.62 bits per heavy atom. The minimum atomic E-state index is 0. The standard InChI is InChI=1S/C12H21N5O.3ClH/c1-2-7-17-11(3-4-14-17)15-12(18)10-16-8-5-13-6-9-16;;;/h3-4,13H,2,5-10H2,1H3,(H,15,18);3*1H. The van der Waals surface area contributed by atoms with Gasteiger partial charge in [-0.2, -0.15) is 5.10 Å². The number of nitrogens with zero attached hydrogens (tertiary/aromatic N) is 3. The highest BCUT2D eigenvalue weighted by molar-refractivity contribution is 5.91. The summed E-state index contributed by atoms with van der Waals surface area (Å²) in [6, 6.07) is 1.84. The van der Waals surface area contributed by atoms with Gasteiger partial charge in [-0.05, 0) is 6.42 Å². The Bertz CT molecular complexity index is 396. The number of aromatic nitrogens is 2. The van der Waals surface area contributed by atoms with Crippen LogP contribution in [0.1, 0.15) is 13.3 Å². The Morgan fingerprint density at radius 2 is 2.00 bits per heavy atom. The molecule has 1 amide bonds. The fraction of sp³-hybridized carbons (Fsp3) is 0.667. The second kappa shape index (κ2) is 12.1. The molecule has 2 N–H and O–H groups in total. The monoisotopic (exact) mass is 359 g/mol. The molecule has 0 spiro atoms. The van der Waals surface area contributed by atoms with Crippen LogP contribution >= 0.6 is 37.2 Å². The highest BCUT2D eigenvalue weighted by Gasteiger charge is 2.14. The fourth-order valence-electron chi connectivity index (χ4n) is 2.08. The van der Waals surface area contributed by atoms with Crippen molar-refractivity contribution < 1.29 is 4.79 Å². The van der Waals surface area contributed by atoms with Gasteiger partial charge in [-0.1, -0.05) is 6.92 Å². The quantitative estimate of drug-likeness (QED) is 0.833. The van der Waals surface area contributed by atoms with E-state index >= 15 is 0 Å². The number of aryl methyl sites for hydroxylation is 1. The highest BCUT2D eigenvalue weighted by atomic mass is 35.5. The first-order valence-electron chi connectivity index (χ1n) is 6.54. The lowest BCUT2D eigenvalue weighted by Crippen LogP contribution is -2.46. The highest BCUT2D eigenvalue weighted by Crippen LogP contribution is 2.07. The van der Waals surface area contributed by atoms with Gasteiger partial charge in [0.15, 0.2) is 0 Å². The van der Waals surface area contributed by atoms with Gasteiger partial charge in [0.05, 0.1) is 12.7 Å². The molecule has 1 aromatic heterocycles. The largest absolute Gasteiger partial charge is 0.314 e. The summed E-state index contributed by atoms with van der Waals surface area (Å²) >= 11 is 0. The van der Waals surface area contributed by atoms with Gasteiger partial charge in [-0.25, -0.2) is 4.68 Å². The molecule has 0 unspecified atom stereocenters. The molecule has 6 nitrogen and oxygen atoms in total. The lowest BCUT2D eigenvalue weighted by molar-refractivity contribution is -0.117. The van der Waals surface area contributed by atoms with Crippen LogP contribution in [0.2, 0.25) is 0 Å². The molecule has 0 aromatic carbocycles. The molecule has 21 heavy (non-hydrogen) atoms. The number of piperazine rings is 1. The van der Waals surface area contributed by atoms with Gasteiger partial charge in [0.1, 0.15) is 5.82 Å². The maximum absolute atomic E-state index is 11.9. The van der Waals surface area contributed by atoms with Crippen molar-refractivity contribution in [2.24, 2.45) is 0 Å². The number of carbonyl (C=O) groups excluding carboxylic acids is 1. The Hall–Kier alpha value is -0.530. The van der Waals surface area contributed by atoms with Crippen molar-refractivity contribution in [1.82, 2.24) is 20.0 Å². The second-order valence-corrected chi connectivity index (χ2v) is 4.51. The molecule has 1 aliphatic rings. The van der Waals surface area contributed by atoms with E-state index in [1.54, 1.807) is 6.20 Å². The third-order valence-electron chi connectivity index (χ3n) is 3.00. The summed E-state index contributed by atoms with van der Waals surface area (Å²) in [5.74, 6) is 0.826. The van der Waals surface area contributed by atoms with Crippen LogP contribution in [-0.4, -0.2) is 53.3 Å². The van der Waals surface area contributed by atoms with Gasteiger partial charge in [0.2, 0.25) is 5.91 Å². The van der Waals surface area contributed by atoms with Crippen molar-refractivity contribution in [2.75, 3.05) is 38.0 Å². The van der Waals surface area contributed by atoms with Crippen LogP contribution in [0.3, 0.4) is 0 Å². The summed E-state index contributed by atoms with van der Waals surface area (Å²) < 4.78 is 1.83. The summed E-state index contributed by atoms with van der Waals surface area (Å²) in [4.78, 5) is 14.1. The van der Waals surface area contributed by atoms with Gasteiger partial charge in [-0.3, -0.25) is 9.69 Å². The Balaban J connectivity index is 0. The average Bonchev–Trinajstić information content (AvgIpc) is 2.78. The maximum atomic E-state index is 11.9. The van der Waals surface area contributed by atoms with Crippen LogP contribution in [0.15, 0.2) is 12.3 Å².